The van der Waals surface area contributed by atoms with Gasteiger partial charge in [0.2, 0.25) is 0 Å². The van der Waals surface area contributed by atoms with Gasteiger partial charge in [0.1, 0.15) is 5.82 Å². The van der Waals surface area contributed by atoms with Crippen molar-refractivity contribution in [3.8, 4) is 0 Å². The van der Waals surface area contributed by atoms with E-state index in [4.69, 9.17) is 0 Å². The number of nitrogens with one attached hydrogen (secondary N) is 2. The van der Waals surface area contributed by atoms with Crippen molar-refractivity contribution in [2.45, 2.75) is 44.1 Å². The van der Waals surface area contributed by atoms with Gasteiger partial charge in [0.05, 0.1) is 6.20 Å². The third-order valence-corrected chi connectivity index (χ3v) is 4.51. The number of hydrogen-bond acceptors (Lipinski definition) is 3. The molecular weight excluding hydrogens is 318 g/mol. The predicted octanol–water partition coefficient (Wildman–Crippen LogP) is 2.21. The molecule has 1 aromatic heterocycles. The van der Waals surface area contributed by atoms with E-state index in [-0.39, 0.29) is 5.03 Å². The highest BCUT2D eigenvalue weighted by molar-refractivity contribution is 9.09. The van der Waals surface area contributed by atoms with Crippen molar-refractivity contribution in [3.05, 3.63) is 12.0 Å². The number of aromatic amines is 1. The van der Waals surface area contributed by atoms with Crippen LogP contribution in [0.2, 0.25) is 0 Å². The van der Waals surface area contributed by atoms with E-state index in [0.717, 1.165) is 31.0 Å². The molecule has 0 saturated carbocycles. The van der Waals surface area contributed by atoms with Crippen LogP contribution in [0.25, 0.3) is 0 Å². The number of halogens is 1. The van der Waals surface area contributed by atoms with Gasteiger partial charge in [-0.15, -0.1) is 0 Å². The molecule has 0 aromatic carbocycles. The number of H-pyrrole nitrogens is 1. The largest absolute Gasteiger partial charge is 0.332 e. The summed E-state index contributed by atoms with van der Waals surface area (Å²) < 4.78 is 26.3. The molecule has 0 radical (unpaired) electrons. The molecular formula is C11H20BrN3O2S. The maximum atomic E-state index is 11.9. The summed E-state index contributed by atoms with van der Waals surface area (Å²) in [5.74, 6) is 0.688. The molecule has 5 nitrogen and oxygen atoms in total. The number of imidazole rings is 1. The summed E-state index contributed by atoms with van der Waals surface area (Å²) in [6, 6.07) is 0. The van der Waals surface area contributed by atoms with Crippen LogP contribution in [0, 0.1) is 0 Å². The lowest BCUT2D eigenvalue weighted by Gasteiger charge is -2.04. The van der Waals surface area contributed by atoms with Gasteiger partial charge in [0.15, 0.2) is 5.03 Å². The number of rotatable bonds is 9. The first-order valence-electron chi connectivity index (χ1n) is 6.19. The molecule has 0 aliphatic carbocycles. The molecule has 0 amide bonds. The third-order valence-electron chi connectivity index (χ3n) is 2.58. The van der Waals surface area contributed by atoms with Gasteiger partial charge in [0, 0.05) is 18.3 Å². The van der Waals surface area contributed by atoms with E-state index < -0.39 is 10.0 Å². The Labute approximate surface area is 117 Å². The molecule has 0 bridgehead atoms. The van der Waals surface area contributed by atoms with Gasteiger partial charge in [-0.1, -0.05) is 35.7 Å². The zero-order valence-corrected chi connectivity index (χ0v) is 13.0. The van der Waals surface area contributed by atoms with Gasteiger partial charge in [-0.3, -0.25) is 0 Å². The highest BCUT2D eigenvalue weighted by atomic mass is 79.9. The van der Waals surface area contributed by atoms with Crippen LogP contribution in [0.4, 0.5) is 0 Å². The van der Waals surface area contributed by atoms with Crippen LogP contribution in [0.3, 0.4) is 0 Å². The lowest BCUT2D eigenvalue weighted by Crippen LogP contribution is -2.25. The number of aromatic nitrogens is 2. The van der Waals surface area contributed by atoms with Crippen molar-refractivity contribution in [3.63, 3.8) is 0 Å². The van der Waals surface area contributed by atoms with Crippen molar-refractivity contribution in [1.29, 1.82) is 0 Å². The summed E-state index contributed by atoms with van der Waals surface area (Å²) in [5.41, 5.74) is 0. The van der Waals surface area contributed by atoms with Crippen LogP contribution in [0.15, 0.2) is 11.2 Å². The summed E-state index contributed by atoms with van der Waals surface area (Å²) >= 11 is 3.37. The minimum absolute atomic E-state index is 0.153. The van der Waals surface area contributed by atoms with Crippen LogP contribution in [0.1, 0.15) is 38.4 Å². The first-order chi connectivity index (χ1) is 8.60. The second-order valence-electron chi connectivity index (χ2n) is 4.05. The Balaban J connectivity index is 2.36. The number of hydrogen-bond donors (Lipinski definition) is 2. The highest BCUT2D eigenvalue weighted by Gasteiger charge is 2.15. The molecule has 2 N–H and O–H groups in total. The maximum Gasteiger partial charge on any atom is 0.257 e. The van der Waals surface area contributed by atoms with Crippen molar-refractivity contribution >= 4 is 26.0 Å². The molecule has 1 aromatic rings. The number of nitrogens with zero attached hydrogens (tertiary/aromatic N) is 1. The van der Waals surface area contributed by atoms with E-state index in [9.17, 15) is 8.42 Å². The van der Waals surface area contributed by atoms with Crippen LogP contribution in [-0.2, 0) is 16.4 Å². The minimum Gasteiger partial charge on any atom is -0.332 e. The molecule has 0 aliphatic heterocycles. The summed E-state index contributed by atoms with van der Waals surface area (Å²) in [6.45, 7) is 2.40. The standard InChI is InChI=1S/C11H20BrN3O2S/c1-2-10-13-9-11(15-10)18(16,17)14-8-6-4-3-5-7-12/h9,14H,2-8H2,1H3,(H,13,15). The summed E-state index contributed by atoms with van der Waals surface area (Å²) in [4.78, 5) is 6.79. The molecule has 7 heteroatoms. The lowest BCUT2D eigenvalue weighted by atomic mass is 10.2. The number of alkyl halides is 1. The number of unbranched alkanes of at least 4 members (excludes halogenated alkanes) is 3. The Morgan fingerprint density at radius 2 is 2.06 bits per heavy atom. The SMILES string of the molecule is CCc1ncc(S(=O)(=O)NCCCCCCBr)[nH]1. The van der Waals surface area contributed by atoms with Crippen LogP contribution < -0.4 is 4.72 Å². The second-order valence-corrected chi connectivity index (χ2v) is 6.58. The summed E-state index contributed by atoms with van der Waals surface area (Å²) in [6.07, 6.45) is 6.22. The maximum absolute atomic E-state index is 11.9. The van der Waals surface area contributed by atoms with E-state index in [0.29, 0.717) is 18.8 Å². The Hall–Kier alpha value is -0.400. The number of sulfonamides is 1. The second kappa shape index (κ2) is 7.91. The first-order valence-corrected chi connectivity index (χ1v) is 8.80. The Kier molecular flexibility index (Phi) is 6.88. The first kappa shape index (κ1) is 15.7. The third kappa shape index (κ3) is 5.07. The molecule has 1 heterocycles. The fraction of sp³-hybridized carbons (Fsp3) is 0.727. The van der Waals surface area contributed by atoms with Crippen LogP contribution in [0.5, 0.6) is 0 Å². The van der Waals surface area contributed by atoms with Gasteiger partial charge in [-0.05, 0) is 12.8 Å². The van der Waals surface area contributed by atoms with Gasteiger partial charge in [-0.2, -0.15) is 0 Å². The van der Waals surface area contributed by atoms with E-state index >= 15 is 0 Å². The quantitative estimate of drug-likeness (QED) is 0.535. The zero-order valence-electron chi connectivity index (χ0n) is 10.6. The molecule has 0 saturated heterocycles. The van der Waals surface area contributed by atoms with Gasteiger partial charge < -0.3 is 4.98 Å². The fourth-order valence-corrected chi connectivity index (χ4v) is 2.93. The molecule has 0 unspecified atom stereocenters. The molecule has 0 fully saturated rings. The normalized spacial score (nSPS) is 11.9. The Morgan fingerprint density at radius 3 is 2.67 bits per heavy atom. The topological polar surface area (TPSA) is 74.8 Å². The highest BCUT2D eigenvalue weighted by Crippen LogP contribution is 2.06. The monoisotopic (exact) mass is 337 g/mol. The molecule has 1 rings (SSSR count). The molecule has 0 atom stereocenters. The van der Waals surface area contributed by atoms with Crippen molar-refractivity contribution in [2.75, 3.05) is 11.9 Å². The fourth-order valence-electron chi connectivity index (χ4n) is 1.52. The van der Waals surface area contributed by atoms with Gasteiger partial charge in [-0.25, -0.2) is 18.1 Å². The van der Waals surface area contributed by atoms with Gasteiger partial charge in [0.25, 0.3) is 10.0 Å². The Morgan fingerprint density at radius 1 is 1.33 bits per heavy atom. The van der Waals surface area contributed by atoms with E-state index in [1.807, 2.05) is 6.92 Å². The zero-order chi connectivity index (χ0) is 13.4. The van der Waals surface area contributed by atoms with E-state index in [1.165, 1.54) is 6.20 Å². The average Bonchev–Trinajstić information content (AvgIpc) is 2.83. The number of aryl methyl sites for hydroxylation is 1. The molecule has 0 aliphatic rings. The Bertz CT molecular complexity index is 445. The van der Waals surface area contributed by atoms with Gasteiger partial charge >= 0.3 is 0 Å². The molecule has 0 spiro atoms. The average molecular weight is 338 g/mol. The van der Waals surface area contributed by atoms with Crippen LogP contribution >= 0.6 is 15.9 Å². The van der Waals surface area contributed by atoms with Crippen molar-refractivity contribution in [1.82, 2.24) is 14.7 Å². The van der Waals surface area contributed by atoms with E-state index in [2.05, 4.69) is 30.6 Å². The lowest BCUT2D eigenvalue weighted by molar-refractivity contribution is 0.570. The minimum atomic E-state index is -3.42. The van der Waals surface area contributed by atoms with Crippen molar-refractivity contribution in [2.24, 2.45) is 0 Å². The molecule has 104 valence electrons. The summed E-state index contributed by atoms with van der Waals surface area (Å²) in [5, 5.41) is 1.16. The molecule has 18 heavy (non-hydrogen) atoms. The van der Waals surface area contributed by atoms with Crippen molar-refractivity contribution < 1.29 is 8.42 Å². The summed E-state index contributed by atoms with van der Waals surface area (Å²) in [7, 11) is -3.42. The smallest absolute Gasteiger partial charge is 0.257 e. The van der Waals surface area contributed by atoms with E-state index in [1.54, 1.807) is 0 Å². The predicted molar refractivity (Wildman–Crippen MR) is 75.4 cm³/mol. The van der Waals surface area contributed by atoms with Crippen LogP contribution in [-0.4, -0.2) is 30.3 Å².